The van der Waals surface area contributed by atoms with E-state index in [1.165, 1.54) is 13.2 Å². The number of phenols is 2. The Hall–Kier alpha value is -2.28. The van der Waals surface area contributed by atoms with Gasteiger partial charge in [-0.05, 0) is 35.4 Å². The van der Waals surface area contributed by atoms with Gasteiger partial charge in [0.1, 0.15) is 5.75 Å². The fraction of sp³-hybridized carbons (Fsp3) is 0.400. The number of aromatic hydroxyl groups is 2. The molecule has 26 heavy (non-hydrogen) atoms. The second kappa shape index (κ2) is 7.95. The van der Waals surface area contributed by atoms with Crippen LogP contribution in [-0.4, -0.2) is 45.8 Å². The first kappa shape index (κ1) is 18.5. The van der Waals surface area contributed by atoms with Gasteiger partial charge < -0.3 is 29.9 Å². The van der Waals surface area contributed by atoms with Crippen LogP contribution in [-0.2, 0) is 11.2 Å². The van der Waals surface area contributed by atoms with Gasteiger partial charge in [0.2, 0.25) is 0 Å². The number of ether oxygens (including phenoxy) is 2. The van der Waals surface area contributed by atoms with E-state index < -0.39 is 24.4 Å². The van der Waals surface area contributed by atoms with Gasteiger partial charge in [-0.3, -0.25) is 0 Å². The van der Waals surface area contributed by atoms with E-state index in [4.69, 9.17) is 9.47 Å². The van der Waals surface area contributed by atoms with Crippen LogP contribution < -0.4 is 4.74 Å². The molecule has 140 valence electrons. The molecule has 1 heterocycles. The van der Waals surface area contributed by atoms with Crippen molar-refractivity contribution in [2.75, 3.05) is 7.11 Å². The highest BCUT2D eigenvalue weighted by Crippen LogP contribution is 2.37. The maximum Gasteiger partial charge on any atom is 0.160 e. The fourth-order valence-corrected chi connectivity index (χ4v) is 3.30. The highest BCUT2D eigenvalue weighted by Gasteiger charge is 2.33. The van der Waals surface area contributed by atoms with Gasteiger partial charge in [-0.25, -0.2) is 0 Å². The second-order valence-electron chi connectivity index (χ2n) is 6.66. The molecule has 0 aromatic heterocycles. The third-order valence-electron chi connectivity index (χ3n) is 4.72. The molecule has 6 heteroatoms. The Labute approximate surface area is 152 Å². The highest BCUT2D eigenvalue weighted by molar-refractivity contribution is 5.42. The molecule has 0 amide bonds. The molecule has 1 aliphatic heterocycles. The van der Waals surface area contributed by atoms with Crippen LogP contribution in [0.25, 0.3) is 0 Å². The largest absolute Gasteiger partial charge is 0.508 e. The van der Waals surface area contributed by atoms with E-state index in [9.17, 15) is 20.4 Å². The molecule has 0 radical (unpaired) electrons. The lowest BCUT2D eigenvalue weighted by Crippen LogP contribution is -2.40. The third kappa shape index (κ3) is 4.27. The topological polar surface area (TPSA) is 99.4 Å². The zero-order valence-electron chi connectivity index (χ0n) is 14.6. The number of aliphatic hydroxyl groups is 2. The van der Waals surface area contributed by atoms with Crippen molar-refractivity contribution in [2.24, 2.45) is 0 Å². The van der Waals surface area contributed by atoms with Crippen molar-refractivity contribution in [3.8, 4) is 17.2 Å². The van der Waals surface area contributed by atoms with Crippen LogP contribution in [0.5, 0.6) is 17.2 Å². The molecule has 0 bridgehead atoms. The smallest absolute Gasteiger partial charge is 0.160 e. The van der Waals surface area contributed by atoms with Gasteiger partial charge in [-0.1, -0.05) is 18.2 Å². The van der Waals surface area contributed by atoms with Gasteiger partial charge >= 0.3 is 0 Å². The van der Waals surface area contributed by atoms with Crippen LogP contribution >= 0.6 is 0 Å². The number of aliphatic hydroxyl groups excluding tert-OH is 2. The zero-order valence-corrected chi connectivity index (χ0v) is 14.6. The Morgan fingerprint density at radius 2 is 1.85 bits per heavy atom. The molecule has 2 aromatic rings. The minimum Gasteiger partial charge on any atom is -0.508 e. The Bertz CT molecular complexity index is 730. The van der Waals surface area contributed by atoms with Crippen LogP contribution in [0.3, 0.4) is 0 Å². The molecule has 0 saturated carbocycles. The quantitative estimate of drug-likeness (QED) is 0.653. The molecular weight excluding hydrogens is 336 g/mol. The first-order valence-corrected chi connectivity index (χ1v) is 8.62. The van der Waals surface area contributed by atoms with Gasteiger partial charge in [-0.2, -0.15) is 0 Å². The van der Waals surface area contributed by atoms with Gasteiger partial charge in [0.05, 0.1) is 31.5 Å². The fourth-order valence-electron chi connectivity index (χ4n) is 3.30. The van der Waals surface area contributed by atoms with Gasteiger partial charge in [0.25, 0.3) is 0 Å². The average molecular weight is 360 g/mol. The summed E-state index contributed by atoms with van der Waals surface area (Å²) >= 11 is 0. The van der Waals surface area contributed by atoms with Crippen LogP contribution in [0, 0.1) is 0 Å². The SMILES string of the molecule is COc1cc([C@@H]2C[C@@H](O)C[C@H]([C@@H](O)Cc3ccc(O)cc3)O2)ccc1O. The predicted molar refractivity (Wildman–Crippen MR) is 95.3 cm³/mol. The summed E-state index contributed by atoms with van der Waals surface area (Å²) in [7, 11) is 1.47. The number of hydrogen-bond donors (Lipinski definition) is 4. The van der Waals surface area contributed by atoms with Crippen LogP contribution in [0.15, 0.2) is 42.5 Å². The Morgan fingerprint density at radius 1 is 1.12 bits per heavy atom. The molecule has 1 aliphatic rings. The van der Waals surface area contributed by atoms with Crippen molar-refractivity contribution >= 4 is 0 Å². The Kier molecular flexibility index (Phi) is 5.66. The summed E-state index contributed by atoms with van der Waals surface area (Å²) in [5.41, 5.74) is 1.65. The number of methoxy groups -OCH3 is 1. The van der Waals surface area contributed by atoms with Gasteiger partial charge in [-0.15, -0.1) is 0 Å². The summed E-state index contributed by atoms with van der Waals surface area (Å²) in [5.74, 6) is 0.554. The van der Waals surface area contributed by atoms with Gasteiger partial charge in [0, 0.05) is 19.3 Å². The number of rotatable bonds is 5. The van der Waals surface area contributed by atoms with Crippen molar-refractivity contribution in [1.29, 1.82) is 0 Å². The first-order valence-electron chi connectivity index (χ1n) is 8.62. The molecule has 0 aliphatic carbocycles. The van der Waals surface area contributed by atoms with Crippen molar-refractivity contribution in [1.82, 2.24) is 0 Å². The van der Waals surface area contributed by atoms with E-state index in [1.807, 2.05) is 0 Å². The molecule has 1 fully saturated rings. The van der Waals surface area contributed by atoms with E-state index in [0.29, 0.717) is 25.0 Å². The van der Waals surface area contributed by atoms with Crippen molar-refractivity contribution in [3.63, 3.8) is 0 Å². The highest BCUT2D eigenvalue weighted by atomic mass is 16.5. The van der Waals surface area contributed by atoms with E-state index in [-0.39, 0.29) is 11.5 Å². The monoisotopic (exact) mass is 360 g/mol. The summed E-state index contributed by atoms with van der Waals surface area (Å²) in [6, 6.07) is 11.6. The summed E-state index contributed by atoms with van der Waals surface area (Å²) in [4.78, 5) is 0. The summed E-state index contributed by atoms with van der Waals surface area (Å²) in [6.07, 6.45) is -1.15. The molecule has 0 spiro atoms. The molecule has 0 unspecified atom stereocenters. The molecule has 4 atom stereocenters. The first-order chi connectivity index (χ1) is 12.5. The molecular formula is C20H24O6. The molecule has 6 nitrogen and oxygen atoms in total. The third-order valence-corrected chi connectivity index (χ3v) is 4.72. The normalized spacial score (nSPS) is 24.2. The molecule has 4 N–H and O–H groups in total. The second-order valence-corrected chi connectivity index (χ2v) is 6.66. The minimum absolute atomic E-state index is 0.0384. The summed E-state index contributed by atoms with van der Waals surface area (Å²) in [6.45, 7) is 0. The minimum atomic E-state index is -0.781. The number of benzene rings is 2. The lowest BCUT2D eigenvalue weighted by molar-refractivity contribution is -0.139. The van der Waals surface area contributed by atoms with Crippen molar-refractivity contribution < 1.29 is 29.9 Å². The molecule has 3 rings (SSSR count). The average Bonchev–Trinajstić information content (AvgIpc) is 2.63. The number of hydrogen-bond acceptors (Lipinski definition) is 6. The number of phenolic OH excluding ortho intramolecular Hbond substituents is 2. The van der Waals surface area contributed by atoms with E-state index in [0.717, 1.165) is 11.1 Å². The standard InChI is InChI=1S/C20H24O6/c1-25-19-9-13(4-7-16(19)23)18-10-15(22)11-20(26-18)17(24)8-12-2-5-14(21)6-3-12/h2-7,9,15,17-18,20-24H,8,10-11H2,1H3/t15-,17+,18+,20-/m1/s1. The predicted octanol–water partition coefficient (Wildman–Crippen LogP) is 2.29. The summed E-state index contributed by atoms with van der Waals surface area (Å²) in [5, 5.41) is 39.9. The molecule has 2 aromatic carbocycles. The van der Waals surface area contributed by atoms with E-state index in [2.05, 4.69) is 0 Å². The van der Waals surface area contributed by atoms with E-state index in [1.54, 1.807) is 36.4 Å². The van der Waals surface area contributed by atoms with Crippen LogP contribution in [0.1, 0.15) is 30.1 Å². The Morgan fingerprint density at radius 3 is 2.54 bits per heavy atom. The lowest BCUT2D eigenvalue weighted by Gasteiger charge is -2.36. The van der Waals surface area contributed by atoms with Crippen molar-refractivity contribution in [2.45, 2.75) is 43.7 Å². The van der Waals surface area contributed by atoms with Crippen LogP contribution in [0.4, 0.5) is 0 Å². The van der Waals surface area contributed by atoms with Crippen LogP contribution in [0.2, 0.25) is 0 Å². The maximum atomic E-state index is 10.6. The summed E-state index contributed by atoms with van der Waals surface area (Å²) < 4.78 is 11.2. The van der Waals surface area contributed by atoms with Crippen molar-refractivity contribution in [3.05, 3.63) is 53.6 Å². The zero-order chi connectivity index (χ0) is 18.7. The molecule has 1 saturated heterocycles. The maximum absolute atomic E-state index is 10.6. The van der Waals surface area contributed by atoms with E-state index >= 15 is 0 Å². The van der Waals surface area contributed by atoms with Gasteiger partial charge in [0.15, 0.2) is 11.5 Å². The Balaban J connectivity index is 1.72. The lowest BCUT2D eigenvalue weighted by atomic mass is 9.92.